The van der Waals surface area contributed by atoms with Crippen molar-refractivity contribution in [2.75, 3.05) is 27.8 Å². The molecular formula is C6H22FN3. The van der Waals surface area contributed by atoms with Crippen LogP contribution in [0.2, 0.25) is 0 Å². The smallest absolute Gasteiger partial charge is 0.0891 e. The third kappa shape index (κ3) is 552. The van der Waals surface area contributed by atoms with Gasteiger partial charge in [0.25, 0.3) is 0 Å². The van der Waals surface area contributed by atoms with Gasteiger partial charge in [-0.1, -0.05) is 6.92 Å². The maximum absolute atomic E-state index is 10.7. The van der Waals surface area contributed by atoms with Crippen molar-refractivity contribution in [3.05, 3.63) is 0 Å². The second kappa shape index (κ2) is 164. The zero-order chi connectivity index (χ0) is 9.41. The zero-order valence-corrected chi connectivity index (χ0v) is 7.52. The number of halogens is 1. The summed E-state index contributed by atoms with van der Waals surface area (Å²) >= 11 is 0. The van der Waals surface area contributed by atoms with Gasteiger partial charge < -0.3 is 17.2 Å². The van der Waals surface area contributed by atoms with Gasteiger partial charge in [0, 0.05) is 0 Å². The maximum Gasteiger partial charge on any atom is 0.0891 e. The molecule has 3 nitrogen and oxygen atoms in total. The van der Waals surface area contributed by atoms with Crippen molar-refractivity contribution in [1.82, 2.24) is 0 Å². The van der Waals surface area contributed by atoms with Crippen molar-refractivity contribution < 1.29 is 4.39 Å². The van der Waals surface area contributed by atoms with Gasteiger partial charge in [0.15, 0.2) is 0 Å². The third-order valence-electron chi connectivity index (χ3n) is 0.189. The first kappa shape index (κ1) is 22.6. The first-order valence-electron chi connectivity index (χ1n) is 3.21. The molecule has 0 heterocycles. The van der Waals surface area contributed by atoms with E-state index >= 15 is 0 Å². The Labute approximate surface area is 63.8 Å². The summed E-state index contributed by atoms with van der Waals surface area (Å²) in [7, 11) is 4.50. The van der Waals surface area contributed by atoms with Crippen molar-refractivity contribution in [3.8, 4) is 0 Å². The Morgan fingerprint density at radius 1 is 0.900 bits per heavy atom. The molecule has 4 heteroatoms. The first-order chi connectivity index (χ1) is 4.91. The van der Waals surface area contributed by atoms with Crippen LogP contribution in [0.5, 0.6) is 0 Å². The molecule has 0 saturated heterocycles. The van der Waals surface area contributed by atoms with E-state index < -0.39 is 0 Å². The lowest BCUT2D eigenvalue weighted by molar-refractivity contribution is 0.487. The van der Waals surface area contributed by atoms with Gasteiger partial charge in [-0.25, -0.2) is 0 Å². The minimum Gasteiger partial charge on any atom is -0.333 e. The molecule has 0 aliphatic carbocycles. The molecule has 6 N–H and O–H groups in total. The number of hydrogen-bond acceptors (Lipinski definition) is 3. The highest BCUT2D eigenvalue weighted by molar-refractivity contribution is 4.11. The molecule has 0 rings (SSSR count). The van der Waals surface area contributed by atoms with E-state index in [-0.39, 0.29) is 6.67 Å². The second-order valence-electron chi connectivity index (χ2n) is 0.689. The van der Waals surface area contributed by atoms with Crippen molar-refractivity contribution >= 4 is 0 Å². The second-order valence-corrected chi connectivity index (χ2v) is 0.689. The molecular weight excluding hydrogens is 133 g/mol. The highest BCUT2D eigenvalue weighted by atomic mass is 19.1. The van der Waals surface area contributed by atoms with E-state index in [0.717, 1.165) is 0 Å². The molecule has 0 unspecified atom stereocenters. The molecule has 0 aromatic rings. The maximum atomic E-state index is 10.7. The van der Waals surface area contributed by atoms with E-state index in [9.17, 15) is 4.39 Å². The first-order valence-corrected chi connectivity index (χ1v) is 3.21. The van der Waals surface area contributed by atoms with E-state index in [0.29, 0.717) is 6.42 Å². The number of nitrogens with two attached hydrogens (primary N) is 3. The van der Waals surface area contributed by atoms with Crippen LogP contribution in [0.1, 0.15) is 13.3 Å². The summed E-state index contributed by atoms with van der Waals surface area (Å²) in [4.78, 5) is 0. The topological polar surface area (TPSA) is 78.1 Å². The molecule has 0 saturated carbocycles. The summed E-state index contributed by atoms with van der Waals surface area (Å²) in [6.45, 7) is 1.62. The molecule has 0 amide bonds. The predicted molar refractivity (Wildman–Crippen MR) is 46.6 cm³/mol. The molecule has 0 atom stereocenters. The Morgan fingerprint density at radius 2 is 1.00 bits per heavy atom. The van der Waals surface area contributed by atoms with Crippen LogP contribution in [-0.2, 0) is 0 Å². The molecule has 0 aromatic heterocycles. The summed E-state index contributed by atoms with van der Waals surface area (Å²) in [5.74, 6) is 0. The van der Waals surface area contributed by atoms with Crippen LogP contribution < -0.4 is 17.2 Å². The van der Waals surface area contributed by atoms with Crippen LogP contribution in [0.15, 0.2) is 0 Å². The van der Waals surface area contributed by atoms with Gasteiger partial charge in [-0.05, 0) is 27.6 Å². The molecule has 68 valence electrons. The van der Waals surface area contributed by atoms with Crippen molar-refractivity contribution in [2.45, 2.75) is 13.3 Å². The largest absolute Gasteiger partial charge is 0.333 e. The Morgan fingerprint density at radius 3 is 1.00 bits per heavy atom. The molecule has 0 aliphatic rings. The SMILES string of the molecule is CCCF.CN.CN.CN. The number of rotatable bonds is 1. The zero-order valence-electron chi connectivity index (χ0n) is 7.52. The number of alkyl halides is 1. The lowest BCUT2D eigenvalue weighted by atomic mass is 10.6. The highest BCUT2D eigenvalue weighted by Crippen LogP contribution is 1.69. The Bertz CT molecular complexity index is 15.0. The fraction of sp³-hybridized carbons (Fsp3) is 1.00. The average molecular weight is 155 g/mol. The summed E-state index contributed by atoms with van der Waals surface area (Å²) in [5.41, 5.74) is 13.5. The Kier molecular flexibility index (Phi) is 370. The quantitative estimate of drug-likeness (QED) is 0.502. The van der Waals surface area contributed by atoms with E-state index in [1.165, 1.54) is 21.1 Å². The molecule has 0 aromatic carbocycles. The fourth-order valence-electron chi connectivity index (χ4n) is 0. The van der Waals surface area contributed by atoms with Gasteiger partial charge in [0.05, 0.1) is 6.67 Å². The Hall–Kier alpha value is -0.190. The molecule has 0 fully saturated rings. The monoisotopic (exact) mass is 155 g/mol. The fourth-order valence-corrected chi connectivity index (χ4v) is 0. The summed E-state index contributed by atoms with van der Waals surface area (Å²) in [6.07, 6.45) is 0.653. The van der Waals surface area contributed by atoms with Crippen LogP contribution in [0.4, 0.5) is 4.39 Å². The predicted octanol–water partition coefficient (Wildman–Crippen LogP) is 0.0906. The van der Waals surface area contributed by atoms with Gasteiger partial charge in [-0.2, -0.15) is 0 Å². The summed E-state index contributed by atoms with van der Waals surface area (Å²) in [5, 5.41) is 0. The van der Waals surface area contributed by atoms with Gasteiger partial charge in [-0.3, -0.25) is 4.39 Å². The van der Waals surface area contributed by atoms with Gasteiger partial charge in [-0.15, -0.1) is 0 Å². The normalized spacial score (nSPS) is 4.80. The van der Waals surface area contributed by atoms with E-state index in [1.807, 2.05) is 0 Å². The lowest BCUT2D eigenvalue weighted by Gasteiger charge is -1.64. The minimum atomic E-state index is -0.181. The Balaban J connectivity index is -0.0000000262. The van der Waals surface area contributed by atoms with Crippen LogP contribution >= 0.6 is 0 Å². The number of hydrogen-bond donors (Lipinski definition) is 3. The van der Waals surface area contributed by atoms with Crippen molar-refractivity contribution in [2.24, 2.45) is 17.2 Å². The molecule has 0 aliphatic heterocycles. The molecule has 0 spiro atoms. The van der Waals surface area contributed by atoms with Crippen LogP contribution in [0.3, 0.4) is 0 Å². The van der Waals surface area contributed by atoms with E-state index in [2.05, 4.69) is 17.2 Å². The van der Waals surface area contributed by atoms with Gasteiger partial charge in [0.1, 0.15) is 0 Å². The van der Waals surface area contributed by atoms with Crippen LogP contribution in [0.25, 0.3) is 0 Å². The molecule has 10 heavy (non-hydrogen) atoms. The van der Waals surface area contributed by atoms with Gasteiger partial charge in [0.2, 0.25) is 0 Å². The average Bonchev–Trinajstić information content (AvgIpc) is 2.14. The standard InChI is InChI=1S/C3H7F.3CH5N/c1-2-3-4;3*1-2/h2-3H2,1H3;3*2H2,1H3. The third-order valence-corrected chi connectivity index (χ3v) is 0.189. The molecule has 0 radical (unpaired) electrons. The van der Waals surface area contributed by atoms with Crippen LogP contribution in [-0.4, -0.2) is 27.8 Å². The highest BCUT2D eigenvalue weighted by Gasteiger charge is 1.60. The minimum absolute atomic E-state index is 0.181. The van der Waals surface area contributed by atoms with Crippen molar-refractivity contribution in [3.63, 3.8) is 0 Å². The summed E-state index contributed by atoms with van der Waals surface area (Å²) < 4.78 is 10.7. The van der Waals surface area contributed by atoms with Gasteiger partial charge >= 0.3 is 0 Å². The summed E-state index contributed by atoms with van der Waals surface area (Å²) in [6, 6.07) is 0. The van der Waals surface area contributed by atoms with Crippen LogP contribution in [0, 0.1) is 0 Å². The van der Waals surface area contributed by atoms with Crippen molar-refractivity contribution in [1.29, 1.82) is 0 Å². The molecule has 0 bridgehead atoms. The van der Waals surface area contributed by atoms with E-state index in [1.54, 1.807) is 6.92 Å². The van der Waals surface area contributed by atoms with E-state index in [4.69, 9.17) is 0 Å². The lowest BCUT2D eigenvalue weighted by Crippen LogP contribution is -1.69.